The molecule has 0 amide bonds. The lowest BCUT2D eigenvalue weighted by Crippen LogP contribution is -1.87. The number of benzene rings is 2. The molecular formula is C21H25BN2. The highest BCUT2D eigenvalue weighted by Crippen LogP contribution is 2.21. The standard InChI is InChI=1S/C14H13B.C7H12N2/c15-11-14(12-7-3-1-4-8-12)13-9-5-2-6-10-13;1-3-6-7(4-2)9-5-8-6/h1-11H,15H2;5H,3-4H2,1-2H3,(H,8,9). The molecule has 1 aromatic heterocycles. The van der Waals surface area contributed by atoms with E-state index in [4.69, 9.17) is 0 Å². The molecule has 0 aliphatic carbocycles. The molecule has 24 heavy (non-hydrogen) atoms. The van der Waals surface area contributed by atoms with E-state index in [0.29, 0.717) is 0 Å². The molecule has 0 bridgehead atoms. The Hall–Kier alpha value is -2.55. The van der Waals surface area contributed by atoms with Crippen LogP contribution in [0.3, 0.4) is 0 Å². The van der Waals surface area contributed by atoms with Crippen molar-refractivity contribution in [3.63, 3.8) is 0 Å². The number of hydrogen-bond donors (Lipinski definition) is 1. The summed E-state index contributed by atoms with van der Waals surface area (Å²) in [5.74, 6) is 2.16. The van der Waals surface area contributed by atoms with Gasteiger partial charge in [0.1, 0.15) is 7.85 Å². The summed E-state index contributed by atoms with van der Waals surface area (Å²) in [7, 11) is 2.08. The number of aryl methyl sites for hydroxylation is 2. The fourth-order valence-corrected chi connectivity index (χ4v) is 2.70. The van der Waals surface area contributed by atoms with Gasteiger partial charge in [0.05, 0.1) is 12.0 Å². The van der Waals surface area contributed by atoms with Crippen LogP contribution in [0.4, 0.5) is 0 Å². The van der Waals surface area contributed by atoms with Crippen LogP contribution in [0.2, 0.25) is 0 Å². The molecule has 1 N–H and O–H groups in total. The molecule has 0 saturated carbocycles. The van der Waals surface area contributed by atoms with Gasteiger partial charge in [0.25, 0.3) is 0 Å². The van der Waals surface area contributed by atoms with Crippen LogP contribution in [0, 0.1) is 0 Å². The lowest BCUT2D eigenvalue weighted by molar-refractivity contribution is 0.979. The van der Waals surface area contributed by atoms with E-state index in [1.54, 1.807) is 6.33 Å². The molecule has 3 rings (SSSR count). The number of H-pyrrole nitrogens is 1. The van der Waals surface area contributed by atoms with Crippen molar-refractivity contribution in [2.45, 2.75) is 26.7 Å². The Morgan fingerprint density at radius 3 is 1.83 bits per heavy atom. The Bertz CT molecular complexity index is 686. The Kier molecular flexibility index (Phi) is 7.09. The van der Waals surface area contributed by atoms with Gasteiger partial charge in [0, 0.05) is 5.69 Å². The predicted octanol–water partition coefficient (Wildman–Crippen LogP) is 4.24. The van der Waals surface area contributed by atoms with E-state index in [0.717, 1.165) is 12.8 Å². The second-order valence-electron chi connectivity index (χ2n) is 5.47. The molecule has 2 nitrogen and oxygen atoms in total. The molecular weight excluding hydrogens is 291 g/mol. The fraction of sp³-hybridized carbons (Fsp3) is 0.190. The average Bonchev–Trinajstić information content (AvgIpc) is 3.12. The number of aromatic nitrogens is 2. The third-order valence-electron chi connectivity index (χ3n) is 3.95. The van der Waals surface area contributed by atoms with Crippen molar-refractivity contribution >= 4 is 13.4 Å². The first-order valence-electron chi connectivity index (χ1n) is 8.58. The highest BCUT2D eigenvalue weighted by Gasteiger charge is 2.01. The summed E-state index contributed by atoms with van der Waals surface area (Å²) in [4.78, 5) is 7.25. The molecule has 1 heterocycles. The molecule has 0 fully saturated rings. The lowest BCUT2D eigenvalue weighted by Gasteiger charge is -2.07. The van der Waals surface area contributed by atoms with E-state index in [1.807, 2.05) is 12.1 Å². The number of nitrogens with zero attached hydrogens (tertiary/aromatic N) is 1. The van der Waals surface area contributed by atoms with E-state index in [1.165, 1.54) is 28.1 Å². The minimum atomic E-state index is 1.03. The Morgan fingerprint density at radius 2 is 1.46 bits per heavy atom. The zero-order valence-corrected chi connectivity index (χ0v) is 14.8. The minimum Gasteiger partial charge on any atom is -0.348 e. The van der Waals surface area contributed by atoms with Crippen molar-refractivity contribution in [2.24, 2.45) is 0 Å². The van der Waals surface area contributed by atoms with Gasteiger partial charge in [0.15, 0.2) is 0 Å². The Balaban J connectivity index is 0.000000198. The second-order valence-corrected chi connectivity index (χ2v) is 5.47. The number of rotatable bonds is 4. The van der Waals surface area contributed by atoms with Gasteiger partial charge < -0.3 is 4.98 Å². The monoisotopic (exact) mass is 316 g/mol. The van der Waals surface area contributed by atoms with Gasteiger partial charge in [0.2, 0.25) is 0 Å². The molecule has 0 atom stereocenters. The number of aromatic amines is 1. The van der Waals surface area contributed by atoms with Crippen LogP contribution in [-0.2, 0) is 12.8 Å². The maximum absolute atomic E-state index is 4.15. The van der Waals surface area contributed by atoms with Gasteiger partial charge in [-0.1, -0.05) is 74.5 Å². The maximum Gasteiger partial charge on any atom is 0.130 e. The van der Waals surface area contributed by atoms with Gasteiger partial charge in [-0.3, -0.25) is 0 Å². The molecule has 3 heteroatoms. The van der Waals surface area contributed by atoms with Gasteiger partial charge in [-0.25, -0.2) is 4.98 Å². The van der Waals surface area contributed by atoms with Crippen LogP contribution in [-0.4, -0.2) is 17.8 Å². The fourth-order valence-electron chi connectivity index (χ4n) is 2.70. The van der Waals surface area contributed by atoms with E-state index in [-0.39, 0.29) is 0 Å². The van der Waals surface area contributed by atoms with Crippen molar-refractivity contribution in [1.29, 1.82) is 0 Å². The summed E-state index contributed by atoms with van der Waals surface area (Å²) in [6.07, 6.45) is 3.85. The highest BCUT2D eigenvalue weighted by atomic mass is 14.9. The SMILES string of the molecule is BC=C(c1ccccc1)c1ccccc1.CCc1nc[nH]c1CC. The smallest absolute Gasteiger partial charge is 0.130 e. The average molecular weight is 316 g/mol. The molecule has 0 unspecified atom stereocenters. The van der Waals surface area contributed by atoms with Crippen LogP contribution >= 0.6 is 0 Å². The molecule has 0 aliphatic heterocycles. The van der Waals surface area contributed by atoms with Crippen molar-refractivity contribution in [2.75, 3.05) is 0 Å². The van der Waals surface area contributed by atoms with Crippen LogP contribution in [0.5, 0.6) is 0 Å². The highest BCUT2D eigenvalue weighted by molar-refractivity contribution is 6.21. The van der Waals surface area contributed by atoms with E-state index in [2.05, 4.69) is 86.2 Å². The molecule has 0 radical (unpaired) electrons. The maximum atomic E-state index is 4.15. The quantitative estimate of drug-likeness (QED) is 0.717. The normalized spacial score (nSPS) is 9.75. The third-order valence-corrected chi connectivity index (χ3v) is 3.95. The largest absolute Gasteiger partial charge is 0.348 e. The van der Waals surface area contributed by atoms with Crippen LogP contribution in [0.1, 0.15) is 36.4 Å². The Labute approximate surface area is 146 Å². The zero-order valence-electron chi connectivity index (χ0n) is 14.8. The number of nitrogens with one attached hydrogen (secondary N) is 1. The van der Waals surface area contributed by atoms with Gasteiger partial charge in [-0.2, -0.15) is 0 Å². The van der Waals surface area contributed by atoms with Crippen molar-refractivity contribution in [1.82, 2.24) is 9.97 Å². The molecule has 0 spiro atoms. The van der Waals surface area contributed by atoms with E-state index >= 15 is 0 Å². The molecule has 0 saturated heterocycles. The summed E-state index contributed by atoms with van der Waals surface area (Å²) in [5, 5.41) is 0. The van der Waals surface area contributed by atoms with Crippen LogP contribution < -0.4 is 0 Å². The van der Waals surface area contributed by atoms with Gasteiger partial charge in [-0.15, -0.1) is 5.98 Å². The molecule has 122 valence electrons. The summed E-state index contributed by atoms with van der Waals surface area (Å²) >= 11 is 0. The lowest BCUT2D eigenvalue weighted by atomic mass is 9.92. The summed E-state index contributed by atoms with van der Waals surface area (Å²) in [5.41, 5.74) is 6.31. The Morgan fingerprint density at radius 1 is 0.917 bits per heavy atom. The summed E-state index contributed by atoms with van der Waals surface area (Å²) in [6.45, 7) is 4.25. The van der Waals surface area contributed by atoms with E-state index < -0.39 is 0 Å². The molecule has 0 aliphatic rings. The number of imidazole rings is 1. The zero-order chi connectivity index (χ0) is 17.2. The van der Waals surface area contributed by atoms with Crippen LogP contribution in [0.25, 0.3) is 5.57 Å². The van der Waals surface area contributed by atoms with E-state index in [9.17, 15) is 0 Å². The summed E-state index contributed by atoms with van der Waals surface area (Å²) < 4.78 is 0. The first-order chi connectivity index (χ1) is 11.8. The predicted molar refractivity (Wildman–Crippen MR) is 106 cm³/mol. The van der Waals surface area contributed by atoms with Crippen LogP contribution in [0.15, 0.2) is 73.0 Å². The van der Waals surface area contributed by atoms with Crippen molar-refractivity contribution < 1.29 is 0 Å². The first-order valence-corrected chi connectivity index (χ1v) is 8.58. The topological polar surface area (TPSA) is 28.7 Å². The summed E-state index contributed by atoms with van der Waals surface area (Å²) in [6, 6.07) is 20.9. The molecule has 3 aromatic rings. The molecule has 2 aromatic carbocycles. The van der Waals surface area contributed by atoms with Gasteiger partial charge >= 0.3 is 0 Å². The van der Waals surface area contributed by atoms with Gasteiger partial charge in [-0.05, 0) is 29.5 Å². The van der Waals surface area contributed by atoms with Crippen molar-refractivity contribution in [3.8, 4) is 0 Å². The third kappa shape index (κ3) is 4.72. The van der Waals surface area contributed by atoms with Crippen molar-refractivity contribution in [3.05, 3.63) is 95.5 Å². The first kappa shape index (κ1) is 17.8. The minimum absolute atomic E-state index is 1.03. The number of hydrogen-bond acceptors (Lipinski definition) is 1. The second kappa shape index (κ2) is 9.56.